The van der Waals surface area contributed by atoms with Crippen molar-refractivity contribution in [1.29, 1.82) is 0 Å². The highest BCUT2D eigenvalue weighted by Crippen LogP contribution is 2.31. The van der Waals surface area contributed by atoms with Crippen molar-refractivity contribution in [3.8, 4) is 16.9 Å². The zero-order valence-electron chi connectivity index (χ0n) is 19.8. The maximum Gasteiger partial charge on any atom is 0.296 e. The first-order valence-electron chi connectivity index (χ1n) is 11.6. The lowest BCUT2D eigenvalue weighted by Crippen LogP contribution is -2.16. The Labute approximate surface area is 204 Å². The monoisotopic (exact) mass is 469 g/mol. The number of benzene rings is 2. The van der Waals surface area contributed by atoms with Gasteiger partial charge in [0.15, 0.2) is 0 Å². The molecule has 1 N–H and O–H groups in total. The molecule has 1 aliphatic heterocycles. The summed E-state index contributed by atoms with van der Waals surface area (Å²) in [5.74, 6) is 1.79. The van der Waals surface area contributed by atoms with Crippen LogP contribution in [-0.2, 0) is 11.2 Å². The van der Waals surface area contributed by atoms with Gasteiger partial charge in [0.05, 0.1) is 12.6 Å². The SMILES string of the molecule is COCCOc1ccc(C)c(-c2ccnc(NC(=O)c3nc4n(n3)C(c3ccccc3)CC4)c2)c1. The molecular weight excluding hydrogens is 442 g/mol. The van der Waals surface area contributed by atoms with Crippen molar-refractivity contribution in [3.05, 3.63) is 89.6 Å². The van der Waals surface area contributed by atoms with E-state index >= 15 is 0 Å². The van der Waals surface area contributed by atoms with Crippen molar-refractivity contribution >= 4 is 11.7 Å². The Morgan fingerprint density at radius 1 is 1.11 bits per heavy atom. The lowest BCUT2D eigenvalue weighted by atomic mass is 10.0. The number of hydrogen-bond donors (Lipinski definition) is 1. The van der Waals surface area contributed by atoms with Gasteiger partial charge in [-0.25, -0.2) is 14.6 Å². The fourth-order valence-corrected chi connectivity index (χ4v) is 4.33. The molecule has 1 unspecified atom stereocenters. The van der Waals surface area contributed by atoms with Crippen molar-refractivity contribution in [2.75, 3.05) is 25.6 Å². The van der Waals surface area contributed by atoms with Gasteiger partial charge in [0.1, 0.15) is 24.0 Å². The Morgan fingerprint density at radius 3 is 2.80 bits per heavy atom. The Morgan fingerprint density at radius 2 is 1.97 bits per heavy atom. The van der Waals surface area contributed by atoms with Gasteiger partial charge < -0.3 is 14.8 Å². The van der Waals surface area contributed by atoms with E-state index in [0.717, 1.165) is 41.1 Å². The minimum absolute atomic E-state index is 0.100. The Kier molecular flexibility index (Phi) is 6.54. The third-order valence-electron chi connectivity index (χ3n) is 6.10. The lowest BCUT2D eigenvalue weighted by Gasteiger charge is -2.12. The molecule has 1 aliphatic rings. The van der Waals surface area contributed by atoms with Crippen LogP contribution >= 0.6 is 0 Å². The molecule has 178 valence electrons. The topological polar surface area (TPSA) is 91.2 Å². The molecule has 5 rings (SSSR count). The van der Waals surface area contributed by atoms with E-state index in [1.165, 1.54) is 5.56 Å². The number of carbonyl (C=O) groups is 1. The molecule has 0 aliphatic carbocycles. The Bertz CT molecular complexity index is 1340. The minimum Gasteiger partial charge on any atom is -0.491 e. The van der Waals surface area contributed by atoms with E-state index in [1.807, 2.05) is 60.1 Å². The number of hydrogen-bond acceptors (Lipinski definition) is 6. The van der Waals surface area contributed by atoms with Gasteiger partial charge >= 0.3 is 0 Å². The number of amides is 1. The average molecular weight is 470 g/mol. The highest BCUT2D eigenvalue weighted by molar-refractivity contribution is 6.01. The predicted molar refractivity (Wildman–Crippen MR) is 133 cm³/mol. The number of carbonyl (C=O) groups excluding carboxylic acids is 1. The zero-order valence-corrected chi connectivity index (χ0v) is 19.8. The van der Waals surface area contributed by atoms with E-state index in [0.29, 0.717) is 19.0 Å². The molecule has 8 heteroatoms. The fraction of sp³-hybridized carbons (Fsp3) is 0.259. The maximum atomic E-state index is 13.0. The third-order valence-corrected chi connectivity index (χ3v) is 6.10. The molecule has 0 bridgehead atoms. The molecule has 0 saturated heterocycles. The molecule has 3 heterocycles. The molecule has 4 aromatic rings. The van der Waals surface area contributed by atoms with Crippen molar-refractivity contribution in [2.45, 2.75) is 25.8 Å². The average Bonchev–Trinajstić information content (AvgIpc) is 3.47. The zero-order chi connectivity index (χ0) is 24.2. The quantitative estimate of drug-likeness (QED) is 0.383. The van der Waals surface area contributed by atoms with Gasteiger partial charge in [0.25, 0.3) is 5.91 Å². The number of ether oxygens (including phenoxy) is 2. The summed E-state index contributed by atoms with van der Waals surface area (Å²) >= 11 is 0. The van der Waals surface area contributed by atoms with Gasteiger partial charge in [0, 0.05) is 19.7 Å². The summed E-state index contributed by atoms with van der Waals surface area (Å²) in [6.07, 6.45) is 3.39. The molecule has 0 radical (unpaired) electrons. The molecule has 0 saturated carbocycles. The standard InChI is InChI=1S/C27H27N5O3/c1-18-8-9-21(35-15-14-34-2)17-22(18)20-12-13-28-24(16-20)29-27(33)26-30-25-11-10-23(32(25)31-26)19-6-4-3-5-7-19/h3-9,12-13,16-17,23H,10-11,14-15H2,1-2H3,(H,28,29,33). The molecule has 2 aromatic heterocycles. The number of fused-ring (bicyclic) bond motifs is 1. The highest BCUT2D eigenvalue weighted by atomic mass is 16.5. The molecule has 1 atom stereocenters. The van der Waals surface area contributed by atoms with Crippen LogP contribution in [0.25, 0.3) is 11.1 Å². The fourth-order valence-electron chi connectivity index (χ4n) is 4.33. The molecule has 35 heavy (non-hydrogen) atoms. The smallest absolute Gasteiger partial charge is 0.296 e. The number of rotatable bonds is 8. The number of pyridine rings is 1. The van der Waals surface area contributed by atoms with Gasteiger partial charge in [0.2, 0.25) is 5.82 Å². The van der Waals surface area contributed by atoms with E-state index in [4.69, 9.17) is 9.47 Å². The Balaban J connectivity index is 1.33. The summed E-state index contributed by atoms with van der Waals surface area (Å²) in [4.78, 5) is 21.8. The minimum atomic E-state index is -0.378. The van der Waals surface area contributed by atoms with Crippen LogP contribution in [0.5, 0.6) is 5.75 Å². The van der Waals surface area contributed by atoms with Crippen LogP contribution in [0.3, 0.4) is 0 Å². The molecule has 8 nitrogen and oxygen atoms in total. The molecule has 0 spiro atoms. The molecule has 0 fully saturated rings. The summed E-state index contributed by atoms with van der Waals surface area (Å²) < 4.78 is 12.7. The largest absolute Gasteiger partial charge is 0.491 e. The van der Waals surface area contributed by atoms with E-state index < -0.39 is 0 Å². The van der Waals surface area contributed by atoms with Crippen LogP contribution in [0.4, 0.5) is 5.82 Å². The second kappa shape index (κ2) is 10.1. The van der Waals surface area contributed by atoms with E-state index in [2.05, 4.69) is 32.5 Å². The molecule has 2 aromatic carbocycles. The predicted octanol–water partition coefficient (Wildman–Crippen LogP) is 4.46. The van der Waals surface area contributed by atoms with Crippen LogP contribution in [0.15, 0.2) is 66.9 Å². The summed E-state index contributed by atoms with van der Waals surface area (Å²) in [6.45, 7) is 3.03. The number of nitrogens with one attached hydrogen (secondary N) is 1. The number of nitrogens with zero attached hydrogens (tertiary/aromatic N) is 4. The van der Waals surface area contributed by atoms with Crippen LogP contribution in [0, 0.1) is 6.92 Å². The van der Waals surface area contributed by atoms with E-state index in [1.54, 1.807) is 13.3 Å². The molecular formula is C27H27N5O3. The first-order chi connectivity index (χ1) is 17.1. The van der Waals surface area contributed by atoms with Crippen molar-refractivity contribution in [3.63, 3.8) is 0 Å². The molecule has 1 amide bonds. The van der Waals surface area contributed by atoms with Gasteiger partial charge in [-0.3, -0.25) is 4.79 Å². The van der Waals surface area contributed by atoms with Crippen molar-refractivity contribution < 1.29 is 14.3 Å². The summed E-state index contributed by atoms with van der Waals surface area (Å²) in [6, 6.07) is 20.0. The van der Waals surface area contributed by atoms with E-state index in [-0.39, 0.29) is 17.8 Å². The van der Waals surface area contributed by atoms with Crippen molar-refractivity contribution in [1.82, 2.24) is 19.7 Å². The van der Waals surface area contributed by atoms with Crippen molar-refractivity contribution in [2.24, 2.45) is 0 Å². The third kappa shape index (κ3) is 4.93. The van der Waals surface area contributed by atoms with Crippen LogP contribution < -0.4 is 10.1 Å². The van der Waals surface area contributed by atoms with Gasteiger partial charge in [-0.1, -0.05) is 36.4 Å². The van der Waals surface area contributed by atoms with Crippen LogP contribution in [0.1, 0.15) is 40.0 Å². The number of aromatic nitrogens is 4. The number of methoxy groups -OCH3 is 1. The van der Waals surface area contributed by atoms with Gasteiger partial charge in [-0.15, -0.1) is 5.10 Å². The second-order valence-electron chi connectivity index (χ2n) is 8.46. The first-order valence-corrected chi connectivity index (χ1v) is 11.6. The highest BCUT2D eigenvalue weighted by Gasteiger charge is 2.28. The maximum absolute atomic E-state index is 13.0. The Hall–Kier alpha value is -4.04. The summed E-state index contributed by atoms with van der Waals surface area (Å²) in [5.41, 5.74) is 4.19. The number of aryl methyl sites for hydroxylation is 2. The lowest BCUT2D eigenvalue weighted by molar-refractivity contribution is 0.101. The van der Waals surface area contributed by atoms with Crippen LogP contribution in [0.2, 0.25) is 0 Å². The van der Waals surface area contributed by atoms with Gasteiger partial charge in [-0.2, -0.15) is 0 Å². The van der Waals surface area contributed by atoms with E-state index in [9.17, 15) is 4.79 Å². The number of anilines is 1. The normalized spacial score (nSPS) is 14.5. The summed E-state index contributed by atoms with van der Waals surface area (Å²) in [5, 5.41) is 7.38. The second-order valence-corrected chi connectivity index (χ2v) is 8.46. The summed E-state index contributed by atoms with van der Waals surface area (Å²) in [7, 11) is 1.64. The van der Waals surface area contributed by atoms with Gasteiger partial charge in [-0.05, 0) is 59.9 Å². The first kappa shape index (κ1) is 22.7. The van der Waals surface area contributed by atoms with Crippen LogP contribution in [-0.4, -0.2) is 46.0 Å².